The maximum absolute atomic E-state index is 12.6. The summed E-state index contributed by atoms with van der Waals surface area (Å²) >= 11 is 0. The first-order chi connectivity index (χ1) is 16.7. The number of nitrogens with one attached hydrogen (secondary N) is 2. The van der Waals surface area contributed by atoms with E-state index in [9.17, 15) is 14.4 Å². The highest BCUT2D eigenvalue weighted by Gasteiger charge is 2.30. The average Bonchev–Trinajstić information content (AvgIpc) is 3.14. The zero-order chi connectivity index (χ0) is 25.4. The number of carbonyl (C=O) groups is 3. The summed E-state index contributed by atoms with van der Waals surface area (Å²) in [5.41, 5.74) is 4.08. The van der Waals surface area contributed by atoms with Gasteiger partial charge in [0.15, 0.2) is 0 Å². The van der Waals surface area contributed by atoms with Crippen molar-refractivity contribution in [3.63, 3.8) is 0 Å². The van der Waals surface area contributed by atoms with Gasteiger partial charge in [0.05, 0.1) is 0 Å². The van der Waals surface area contributed by atoms with E-state index in [0.29, 0.717) is 19.4 Å². The Morgan fingerprint density at radius 2 is 1.57 bits per heavy atom. The maximum atomic E-state index is 12.6. The fourth-order valence-electron chi connectivity index (χ4n) is 4.46. The third-order valence-electron chi connectivity index (χ3n) is 6.57. The van der Waals surface area contributed by atoms with Crippen molar-refractivity contribution in [2.75, 3.05) is 13.2 Å². The van der Waals surface area contributed by atoms with E-state index >= 15 is 0 Å². The summed E-state index contributed by atoms with van der Waals surface area (Å²) in [7, 11) is 0. The molecule has 0 saturated carbocycles. The molecule has 7 nitrogen and oxygen atoms in total. The van der Waals surface area contributed by atoms with Crippen LogP contribution in [0.1, 0.15) is 69.9 Å². The van der Waals surface area contributed by atoms with Gasteiger partial charge in [0.25, 0.3) is 0 Å². The van der Waals surface area contributed by atoms with Crippen molar-refractivity contribution in [3.8, 4) is 11.1 Å². The minimum Gasteiger partial charge on any atom is -0.481 e. The number of rotatable bonds is 12. The van der Waals surface area contributed by atoms with Crippen LogP contribution < -0.4 is 10.6 Å². The molecular weight excluding hydrogens is 444 g/mol. The van der Waals surface area contributed by atoms with E-state index in [4.69, 9.17) is 9.84 Å². The summed E-state index contributed by atoms with van der Waals surface area (Å²) in [4.78, 5) is 35.4. The van der Waals surface area contributed by atoms with Crippen LogP contribution in [0.3, 0.4) is 0 Å². The van der Waals surface area contributed by atoms with E-state index in [0.717, 1.165) is 17.5 Å². The number of fused-ring (bicyclic) bond motifs is 3. The van der Waals surface area contributed by atoms with E-state index in [1.807, 2.05) is 45.0 Å². The Morgan fingerprint density at radius 1 is 0.971 bits per heavy atom. The fourth-order valence-corrected chi connectivity index (χ4v) is 4.46. The summed E-state index contributed by atoms with van der Waals surface area (Å²) in [5.74, 6) is -0.650. The number of hydrogen-bond donors (Lipinski definition) is 3. The van der Waals surface area contributed by atoms with Gasteiger partial charge < -0.3 is 20.5 Å². The lowest BCUT2D eigenvalue weighted by Crippen LogP contribution is -2.44. The van der Waals surface area contributed by atoms with Gasteiger partial charge in [-0.2, -0.15) is 0 Å². The fraction of sp³-hybridized carbons (Fsp3) is 0.464. The molecule has 0 aliphatic heterocycles. The maximum Gasteiger partial charge on any atom is 0.407 e. The summed E-state index contributed by atoms with van der Waals surface area (Å²) in [6.45, 7) is 6.48. The molecule has 0 spiro atoms. The van der Waals surface area contributed by atoms with Crippen LogP contribution in [-0.2, 0) is 14.3 Å². The molecule has 3 N–H and O–H groups in total. The number of aliphatic carboxylic acids is 1. The SMILES string of the molecule is CC(CCNC(=O)CCC(C)(C)NC(=O)OCC1c2ccccc2-c2ccccc21)CCC(=O)O. The molecule has 1 aliphatic carbocycles. The highest BCUT2D eigenvalue weighted by molar-refractivity contribution is 5.79. The highest BCUT2D eigenvalue weighted by Crippen LogP contribution is 2.44. The normalized spacial score (nSPS) is 13.5. The van der Waals surface area contributed by atoms with Gasteiger partial charge in [0, 0.05) is 30.8 Å². The van der Waals surface area contributed by atoms with E-state index in [2.05, 4.69) is 34.9 Å². The van der Waals surface area contributed by atoms with Crippen molar-refractivity contribution in [1.82, 2.24) is 10.6 Å². The summed E-state index contributed by atoms with van der Waals surface area (Å²) in [5, 5.41) is 14.5. The van der Waals surface area contributed by atoms with E-state index < -0.39 is 17.6 Å². The van der Waals surface area contributed by atoms with Gasteiger partial charge in [-0.3, -0.25) is 9.59 Å². The van der Waals surface area contributed by atoms with Crippen molar-refractivity contribution in [3.05, 3.63) is 59.7 Å². The Morgan fingerprint density at radius 3 is 2.17 bits per heavy atom. The molecule has 1 atom stereocenters. The standard InChI is InChI=1S/C28H36N2O5/c1-19(12-13-26(32)33)15-17-29-25(31)14-16-28(2,3)30-27(34)35-18-24-22-10-6-4-8-20(22)21-9-5-7-11-23(21)24/h4-11,19,24H,12-18H2,1-3H3,(H,29,31)(H,30,34)(H,32,33). The molecule has 1 unspecified atom stereocenters. The molecule has 1 aliphatic rings. The van der Waals surface area contributed by atoms with Crippen molar-refractivity contribution in [2.24, 2.45) is 5.92 Å². The first kappa shape index (κ1) is 26.3. The Kier molecular flexibility index (Phi) is 8.90. The predicted molar refractivity (Wildman–Crippen MR) is 135 cm³/mol. The van der Waals surface area contributed by atoms with Crippen LogP contribution in [0.15, 0.2) is 48.5 Å². The van der Waals surface area contributed by atoms with Crippen molar-refractivity contribution in [2.45, 2.75) is 64.3 Å². The van der Waals surface area contributed by atoms with Crippen molar-refractivity contribution < 1.29 is 24.2 Å². The van der Waals surface area contributed by atoms with Crippen LogP contribution >= 0.6 is 0 Å². The lowest BCUT2D eigenvalue weighted by Gasteiger charge is -2.26. The molecule has 0 bridgehead atoms. The predicted octanol–water partition coefficient (Wildman–Crippen LogP) is 5.09. The van der Waals surface area contributed by atoms with Gasteiger partial charge >= 0.3 is 12.1 Å². The van der Waals surface area contributed by atoms with Gasteiger partial charge in [0.1, 0.15) is 6.61 Å². The van der Waals surface area contributed by atoms with Gasteiger partial charge in [0.2, 0.25) is 5.91 Å². The lowest BCUT2D eigenvalue weighted by molar-refractivity contribution is -0.137. The van der Waals surface area contributed by atoms with Gasteiger partial charge in [-0.1, -0.05) is 55.5 Å². The first-order valence-corrected chi connectivity index (χ1v) is 12.3. The quantitative estimate of drug-likeness (QED) is 0.392. The molecule has 0 heterocycles. The zero-order valence-corrected chi connectivity index (χ0v) is 20.8. The van der Waals surface area contributed by atoms with Gasteiger partial charge in [-0.25, -0.2) is 4.79 Å². The molecular formula is C28H36N2O5. The van der Waals surface area contributed by atoms with Gasteiger partial charge in [-0.05, 0) is 61.3 Å². The average molecular weight is 481 g/mol. The second kappa shape index (κ2) is 11.9. The third-order valence-corrected chi connectivity index (χ3v) is 6.57. The summed E-state index contributed by atoms with van der Waals surface area (Å²) in [6.07, 6.45) is 1.73. The molecule has 2 aromatic rings. The first-order valence-electron chi connectivity index (χ1n) is 12.3. The monoisotopic (exact) mass is 480 g/mol. The van der Waals surface area contributed by atoms with Crippen LogP contribution in [0, 0.1) is 5.92 Å². The Hall–Kier alpha value is -3.35. The van der Waals surface area contributed by atoms with Crippen LogP contribution in [0.25, 0.3) is 11.1 Å². The molecule has 0 fully saturated rings. The number of amides is 2. The second-order valence-corrected chi connectivity index (χ2v) is 10.0. The second-order valence-electron chi connectivity index (χ2n) is 10.0. The van der Waals surface area contributed by atoms with Crippen molar-refractivity contribution in [1.29, 1.82) is 0 Å². The number of carbonyl (C=O) groups excluding carboxylic acids is 2. The van der Waals surface area contributed by atoms with Gasteiger partial charge in [-0.15, -0.1) is 0 Å². The molecule has 0 saturated heterocycles. The smallest absolute Gasteiger partial charge is 0.407 e. The Labute approximate surface area is 207 Å². The topological polar surface area (TPSA) is 105 Å². The lowest BCUT2D eigenvalue weighted by atomic mass is 9.98. The zero-order valence-electron chi connectivity index (χ0n) is 20.8. The molecule has 3 rings (SSSR count). The molecule has 7 heteroatoms. The molecule has 0 aromatic heterocycles. The van der Waals surface area contributed by atoms with Crippen LogP contribution in [0.2, 0.25) is 0 Å². The highest BCUT2D eigenvalue weighted by atomic mass is 16.5. The Bertz CT molecular complexity index is 1000. The summed E-state index contributed by atoms with van der Waals surface area (Å²) < 4.78 is 5.62. The number of ether oxygens (including phenoxy) is 1. The Balaban J connectivity index is 1.41. The minimum absolute atomic E-state index is 0.0000646. The number of carboxylic acid groups (broad SMARTS) is 1. The largest absolute Gasteiger partial charge is 0.481 e. The molecule has 2 amide bonds. The number of carboxylic acids is 1. The van der Waals surface area contributed by atoms with E-state index in [1.54, 1.807) is 0 Å². The summed E-state index contributed by atoms with van der Waals surface area (Å²) in [6, 6.07) is 16.4. The molecule has 188 valence electrons. The van der Waals surface area contributed by atoms with Crippen LogP contribution in [0.4, 0.5) is 4.79 Å². The number of alkyl carbamates (subject to hydrolysis) is 1. The molecule has 35 heavy (non-hydrogen) atoms. The molecule has 2 aromatic carbocycles. The van der Waals surface area contributed by atoms with Crippen LogP contribution in [0.5, 0.6) is 0 Å². The minimum atomic E-state index is -0.799. The number of benzene rings is 2. The third kappa shape index (κ3) is 7.57. The van der Waals surface area contributed by atoms with Crippen LogP contribution in [-0.4, -0.2) is 41.8 Å². The van der Waals surface area contributed by atoms with E-state index in [-0.39, 0.29) is 37.2 Å². The van der Waals surface area contributed by atoms with E-state index in [1.165, 1.54) is 11.1 Å². The number of hydrogen-bond acceptors (Lipinski definition) is 4. The van der Waals surface area contributed by atoms with Crippen molar-refractivity contribution >= 4 is 18.0 Å². The molecule has 0 radical (unpaired) electrons.